The summed E-state index contributed by atoms with van der Waals surface area (Å²) in [6.45, 7) is 5.80. The zero-order valence-electron chi connectivity index (χ0n) is 28.0. The molecule has 254 valence electrons. The highest BCUT2D eigenvalue weighted by atomic mass is 16.6. The quantitative estimate of drug-likeness (QED) is 0.379. The Morgan fingerprint density at radius 2 is 1.70 bits per heavy atom. The molecule has 0 radical (unpaired) electrons. The lowest BCUT2D eigenvalue weighted by atomic mass is 9.43. The zero-order valence-corrected chi connectivity index (χ0v) is 28.0. The van der Waals surface area contributed by atoms with Gasteiger partial charge >= 0.3 is 11.9 Å². The Labute approximate surface area is 271 Å². The number of nitrogens with zero attached hydrogens (tertiary/aromatic N) is 1. The number of rotatable bonds is 10. The van der Waals surface area contributed by atoms with E-state index < -0.39 is 46.7 Å². The van der Waals surface area contributed by atoms with Gasteiger partial charge in [0.1, 0.15) is 23.1 Å². The summed E-state index contributed by atoms with van der Waals surface area (Å²) in [5, 5.41) is 12.8. The van der Waals surface area contributed by atoms with E-state index in [0.717, 1.165) is 25.9 Å². The van der Waals surface area contributed by atoms with Gasteiger partial charge in [0.2, 0.25) is 0 Å². The van der Waals surface area contributed by atoms with Crippen LogP contribution in [0.2, 0.25) is 0 Å². The smallest absolute Gasteiger partial charge is 0.338 e. The van der Waals surface area contributed by atoms with E-state index in [-0.39, 0.29) is 47.8 Å². The van der Waals surface area contributed by atoms with Crippen molar-refractivity contribution in [3.63, 3.8) is 0 Å². The lowest BCUT2D eigenvalue weighted by Crippen LogP contribution is -2.77. The van der Waals surface area contributed by atoms with Gasteiger partial charge in [0.15, 0.2) is 0 Å². The van der Waals surface area contributed by atoms with Crippen LogP contribution in [0.15, 0.2) is 24.3 Å². The highest BCUT2D eigenvalue weighted by Crippen LogP contribution is 2.80. The SMILES string of the molecule is CCN1C[C@]2(COC)CC[C@H](OC)C34[C@@H]5C[C@@]6(O)[C@@H](OC)C[C@@](OC(C)=O)(C5[C@H]6OC(=O)c5ccc(OC)cc5)C([C@H](OC)[C@@H]32)[C@@H]14. The van der Waals surface area contributed by atoms with Crippen molar-refractivity contribution in [1.29, 1.82) is 0 Å². The molecule has 13 atom stereocenters. The van der Waals surface area contributed by atoms with E-state index in [1.54, 1.807) is 59.8 Å². The summed E-state index contributed by atoms with van der Waals surface area (Å²) in [6, 6.07) is 6.66. The molecule has 5 saturated carbocycles. The number of hydrogen-bond donors (Lipinski definition) is 1. The van der Waals surface area contributed by atoms with E-state index in [1.165, 1.54) is 6.92 Å². The van der Waals surface area contributed by atoms with Gasteiger partial charge in [0.05, 0.1) is 37.6 Å². The van der Waals surface area contributed by atoms with Crippen LogP contribution in [-0.4, -0.2) is 119 Å². The van der Waals surface area contributed by atoms with Crippen molar-refractivity contribution in [3.8, 4) is 5.75 Å². The van der Waals surface area contributed by atoms with E-state index in [1.807, 2.05) is 0 Å². The summed E-state index contributed by atoms with van der Waals surface area (Å²) >= 11 is 0. The largest absolute Gasteiger partial charge is 0.497 e. The van der Waals surface area contributed by atoms with Crippen molar-refractivity contribution in [2.45, 2.75) is 81.2 Å². The van der Waals surface area contributed by atoms with Crippen LogP contribution in [-0.2, 0) is 33.2 Å². The third-order valence-corrected chi connectivity index (χ3v) is 13.3. The Hall–Kier alpha value is -2.28. The Morgan fingerprint density at radius 3 is 2.28 bits per heavy atom. The molecule has 6 aliphatic rings. The predicted molar refractivity (Wildman–Crippen MR) is 164 cm³/mol. The topological polar surface area (TPSA) is 122 Å². The first-order valence-corrected chi connectivity index (χ1v) is 16.6. The first kappa shape index (κ1) is 32.3. The van der Waals surface area contributed by atoms with E-state index in [2.05, 4.69) is 11.8 Å². The molecule has 0 aromatic heterocycles. The Kier molecular flexibility index (Phi) is 7.81. The number of carbonyl (C=O) groups is 2. The molecule has 7 bridgehead atoms. The van der Waals surface area contributed by atoms with E-state index >= 15 is 0 Å². The number of esters is 2. The first-order valence-electron chi connectivity index (χ1n) is 16.6. The summed E-state index contributed by atoms with van der Waals surface area (Å²) in [5.74, 6) is -1.38. The number of aliphatic hydroxyl groups is 1. The van der Waals surface area contributed by atoms with Crippen molar-refractivity contribution < 1.29 is 47.9 Å². The lowest BCUT2D eigenvalue weighted by Gasteiger charge is -2.69. The molecular formula is C35H49NO10. The number of ether oxygens (including phenoxy) is 7. The van der Waals surface area contributed by atoms with Crippen LogP contribution in [0.5, 0.6) is 5.75 Å². The fourth-order valence-corrected chi connectivity index (χ4v) is 12.4. The van der Waals surface area contributed by atoms with Crippen LogP contribution >= 0.6 is 0 Å². The van der Waals surface area contributed by atoms with Crippen molar-refractivity contribution >= 4 is 11.9 Å². The van der Waals surface area contributed by atoms with Crippen molar-refractivity contribution in [3.05, 3.63) is 29.8 Å². The second-order valence-corrected chi connectivity index (χ2v) is 14.6. The number of piperidine rings is 1. The van der Waals surface area contributed by atoms with Gasteiger partial charge in [0.25, 0.3) is 0 Å². The molecule has 6 fully saturated rings. The van der Waals surface area contributed by atoms with Gasteiger partial charge in [-0.1, -0.05) is 6.92 Å². The summed E-state index contributed by atoms with van der Waals surface area (Å²) < 4.78 is 43.6. The van der Waals surface area contributed by atoms with E-state index in [0.29, 0.717) is 24.3 Å². The molecular weight excluding hydrogens is 594 g/mol. The molecule has 0 amide bonds. The molecule has 46 heavy (non-hydrogen) atoms. The number of carbonyl (C=O) groups excluding carboxylic acids is 2. The Morgan fingerprint density at radius 1 is 0.978 bits per heavy atom. The average Bonchev–Trinajstić information content (AvgIpc) is 3.42. The van der Waals surface area contributed by atoms with Gasteiger partial charge in [0, 0.05) is 83.0 Å². The predicted octanol–water partition coefficient (Wildman–Crippen LogP) is 2.72. The van der Waals surface area contributed by atoms with Crippen molar-refractivity contribution in [2.24, 2.45) is 34.5 Å². The van der Waals surface area contributed by atoms with Crippen LogP contribution in [0, 0.1) is 34.5 Å². The van der Waals surface area contributed by atoms with E-state index in [9.17, 15) is 14.7 Å². The molecule has 1 aliphatic heterocycles. The first-order chi connectivity index (χ1) is 22.1. The number of hydrogen-bond acceptors (Lipinski definition) is 11. The summed E-state index contributed by atoms with van der Waals surface area (Å²) in [4.78, 5) is 29.7. The highest BCUT2D eigenvalue weighted by molar-refractivity contribution is 5.89. The lowest BCUT2D eigenvalue weighted by molar-refractivity contribution is -0.287. The summed E-state index contributed by atoms with van der Waals surface area (Å²) in [7, 11) is 8.44. The minimum atomic E-state index is -1.51. The molecule has 1 heterocycles. The fraction of sp³-hybridized carbons (Fsp3) is 0.771. The minimum absolute atomic E-state index is 0.00534. The third-order valence-electron chi connectivity index (χ3n) is 13.3. The Balaban J connectivity index is 1.46. The van der Waals surface area contributed by atoms with Gasteiger partial charge in [-0.25, -0.2) is 4.79 Å². The zero-order chi connectivity index (χ0) is 32.8. The average molecular weight is 644 g/mol. The van der Waals surface area contributed by atoms with Crippen molar-refractivity contribution in [2.75, 3.05) is 55.2 Å². The number of benzene rings is 1. The minimum Gasteiger partial charge on any atom is -0.497 e. The summed E-state index contributed by atoms with van der Waals surface area (Å²) in [6.07, 6.45) is 0.142. The van der Waals surface area contributed by atoms with Crippen LogP contribution in [0.25, 0.3) is 0 Å². The molecule has 1 N–H and O–H groups in total. The molecule has 11 heteroatoms. The number of methoxy groups -OCH3 is 5. The summed E-state index contributed by atoms with van der Waals surface area (Å²) in [5.41, 5.74) is -3.03. The maximum absolute atomic E-state index is 13.9. The van der Waals surface area contributed by atoms with E-state index in [4.69, 9.17) is 33.2 Å². The maximum atomic E-state index is 13.9. The van der Waals surface area contributed by atoms with Gasteiger partial charge in [-0.15, -0.1) is 0 Å². The third kappa shape index (κ3) is 3.87. The van der Waals surface area contributed by atoms with Gasteiger partial charge in [-0.3, -0.25) is 9.69 Å². The second kappa shape index (κ2) is 11.1. The van der Waals surface area contributed by atoms with Gasteiger partial charge in [-0.05, 0) is 56.0 Å². The Bertz CT molecular complexity index is 1360. The molecule has 5 aliphatic carbocycles. The molecule has 1 aromatic carbocycles. The number of fused-ring (bicyclic) bond motifs is 2. The fourth-order valence-electron chi connectivity index (χ4n) is 12.4. The molecule has 1 saturated heterocycles. The highest BCUT2D eigenvalue weighted by Gasteiger charge is 2.89. The monoisotopic (exact) mass is 643 g/mol. The molecule has 7 rings (SSSR count). The van der Waals surface area contributed by atoms with Crippen LogP contribution in [0.1, 0.15) is 49.9 Å². The normalized spacial score (nSPS) is 46.6. The van der Waals surface area contributed by atoms with Crippen LogP contribution < -0.4 is 4.74 Å². The molecule has 11 nitrogen and oxygen atoms in total. The second-order valence-electron chi connectivity index (χ2n) is 14.6. The van der Waals surface area contributed by atoms with Crippen molar-refractivity contribution in [1.82, 2.24) is 4.90 Å². The van der Waals surface area contributed by atoms with Gasteiger partial charge in [-0.2, -0.15) is 0 Å². The number of likely N-dealkylation sites (tertiary alicyclic amines) is 1. The van der Waals surface area contributed by atoms with Gasteiger partial charge < -0.3 is 38.3 Å². The maximum Gasteiger partial charge on any atom is 0.338 e. The molecule has 1 aromatic rings. The van der Waals surface area contributed by atoms with Crippen LogP contribution in [0.4, 0.5) is 0 Å². The molecule has 1 spiro atoms. The standard InChI is InChI=1S/C35H49NO10/c1-8-36-17-32(18-40-3)14-13-23(42-5)35-22-15-33(39)24(43-6)16-34(46-19(2)37,26(29(35)36)27(44-7)28(32)35)25(22)30(33)45-31(38)20-9-11-21(41-4)12-10-20/h9-12,22-30,39H,8,13-18H2,1-7H3/t22-,23+,24+,25?,26?,27+,28-,29-,30-,32+,33-,34-,35?/m1/s1. The van der Waals surface area contributed by atoms with Crippen LogP contribution in [0.3, 0.4) is 0 Å². The molecule has 3 unspecified atom stereocenters.